The fourth-order valence-corrected chi connectivity index (χ4v) is 3.09. The molecule has 0 aromatic carbocycles. The van der Waals surface area contributed by atoms with Gasteiger partial charge in [0.15, 0.2) is 0 Å². The van der Waals surface area contributed by atoms with Crippen LogP contribution in [0.2, 0.25) is 5.02 Å². The summed E-state index contributed by atoms with van der Waals surface area (Å²) in [6, 6.07) is 0.499. The Morgan fingerprint density at radius 2 is 2.38 bits per heavy atom. The van der Waals surface area contributed by atoms with Crippen LogP contribution in [0.1, 0.15) is 25.7 Å². The molecule has 1 N–H and O–H groups in total. The fourth-order valence-electron chi connectivity index (χ4n) is 2.10. The third-order valence-electron chi connectivity index (χ3n) is 2.97. The molecule has 16 heavy (non-hydrogen) atoms. The zero-order valence-electron chi connectivity index (χ0n) is 9.32. The van der Waals surface area contributed by atoms with Crippen LogP contribution in [-0.4, -0.2) is 27.5 Å². The van der Waals surface area contributed by atoms with Crippen LogP contribution in [0.3, 0.4) is 0 Å². The molecule has 1 aliphatic carbocycles. The van der Waals surface area contributed by atoms with Crippen molar-refractivity contribution in [3.63, 3.8) is 0 Å². The van der Waals surface area contributed by atoms with Gasteiger partial charge in [-0.05, 0) is 25.5 Å². The SMILES string of the molecule is CSC1CCCC(Nc2ncncc2Cl)C1. The molecule has 5 heteroatoms. The van der Waals surface area contributed by atoms with Gasteiger partial charge in [-0.15, -0.1) is 0 Å². The zero-order valence-corrected chi connectivity index (χ0v) is 10.9. The highest BCUT2D eigenvalue weighted by atomic mass is 35.5. The molecule has 2 unspecified atom stereocenters. The molecule has 2 atom stereocenters. The molecule has 1 aromatic heterocycles. The van der Waals surface area contributed by atoms with E-state index in [1.807, 2.05) is 11.8 Å². The number of hydrogen-bond donors (Lipinski definition) is 1. The average Bonchev–Trinajstić information content (AvgIpc) is 2.32. The summed E-state index contributed by atoms with van der Waals surface area (Å²) < 4.78 is 0. The largest absolute Gasteiger partial charge is 0.366 e. The van der Waals surface area contributed by atoms with Gasteiger partial charge in [0.05, 0.1) is 6.20 Å². The number of halogens is 1. The summed E-state index contributed by atoms with van der Waals surface area (Å²) in [6.45, 7) is 0. The minimum Gasteiger partial charge on any atom is -0.366 e. The van der Waals surface area contributed by atoms with Crippen molar-refractivity contribution >= 4 is 29.2 Å². The maximum absolute atomic E-state index is 6.02. The van der Waals surface area contributed by atoms with Crippen molar-refractivity contribution in [3.05, 3.63) is 17.5 Å². The average molecular weight is 258 g/mol. The Balaban J connectivity index is 1.97. The minimum absolute atomic E-state index is 0.499. The lowest BCUT2D eigenvalue weighted by molar-refractivity contribution is 0.472. The highest BCUT2D eigenvalue weighted by Gasteiger charge is 2.21. The number of nitrogens with zero attached hydrogens (tertiary/aromatic N) is 2. The van der Waals surface area contributed by atoms with E-state index >= 15 is 0 Å². The molecule has 0 aliphatic heterocycles. The Labute approximate surface area is 105 Å². The zero-order chi connectivity index (χ0) is 11.4. The number of nitrogens with one attached hydrogen (secondary N) is 1. The van der Waals surface area contributed by atoms with Crippen molar-refractivity contribution in [1.29, 1.82) is 0 Å². The maximum Gasteiger partial charge on any atom is 0.148 e. The lowest BCUT2D eigenvalue weighted by Crippen LogP contribution is -2.29. The molecule has 1 aliphatic rings. The molecule has 0 saturated heterocycles. The standard InChI is InChI=1S/C11H16ClN3S/c1-16-9-4-2-3-8(5-9)15-11-10(12)6-13-7-14-11/h6-9H,2-5H2,1H3,(H,13,14,15). The van der Waals surface area contributed by atoms with Gasteiger partial charge in [-0.2, -0.15) is 11.8 Å². The molecule has 0 spiro atoms. The van der Waals surface area contributed by atoms with E-state index in [2.05, 4.69) is 21.5 Å². The molecular weight excluding hydrogens is 242 g/mol. The van der Waals surface area contributed by atoms with Gasteiger partial charge in [-0.1, -0.05) is 18.0 Å². The van der Waals surface area contributed by atoms with E-state index in [4.69, 9.17) is 11.6 Å². The Kier molecular flexibility index (Phi) is 4.29. The number of thioether (sulfide) groups is 1. The molecule has 3 nitrogen and oxygen atoms in total. The number of aromatic nitrogens is 2. The van der Waals surface area contributed by atoms with Crippen LogP contribution in [0.15, 0.2) is 12.5 Å². The number of rotatable bonds is 3. The first-order chi connectivity index (χ1) is 7.79. The second kappa shape index (κ2) is 5.73. The molecule has 2 rings (SSSR count). The van der Waals surface area contributed by atoms with Crippen molar-refractivity contribution in [2.24, 2.45) is 0 Å². The topological polar surface area (TPSA) is 37.8 Å². The summed E-state index contributed by atoms with van der Waals surface area (Å²) in [5, 5.41) is 4.79. The molecule has 0 bridgehead atoms. The van der Waals surface area contributed by atoms with Gasteiger partial charge in [0.25, 0.3) is 0 Å². The highest BCUT2D eigenvalue weighted by molar-refractivity contribution is 7.99. The van der Waals surface area contributed by atoms with E-state index in [-0.39, 0.29) is 0 Å². The first-order valence-electron chi connectivity index (χ1n) is 5.54. The Morgan fingerprint density at radius 3 is 3.12 bits per heavy atom. The molecule has 1 aromatic rings. The summed E-state index contributed by atoms with van der Waals surface area (Å²) in [7, 11) is 0. The second-order valence-electron chi connectivity index (χ2n) is 4.08. The molecular formula is C11H16ClN3S. The van der Waals surface area contributed by atoms with Gasteiger partial charge in [0, 0.05) is 11.3 Å². The number of anilines is 1. The quantitative estimate of drug-likeness (QED) is 0.902. The third kappa shape index (κ3) is 3.01. The van der Waals surface area contributed by atoms with Crippen LogP contribution in [0.25, 0.3) is 0 Å². The van der Waals surface area contributed by atoms with Gasteiger partial charge in [0.1, 0.15) is 17.2 Å². The van der Waals surface area contributed by atoms with Crippen LogP contribution in [-0.2, 0) is 0 Å². The van der Waals surface area contributed by atoms with Gasteiger partial charge in [-0.25, -0.2) is 9.97 Å². The van der Waals surface area contributed by atoms with E-state index in [9.17, 15) is 0 Å². The summed E-state index contributed by atoms with van der Waals surface area (Å²) in [5.41, 5.74) is 0. The Morgan fingerprint density at radius 1 is 1.50 bits per heavy atom. The molecule has 0 radical (unpaired) electrons. The normalized spacial score (nSPS) is 25.4. The smallest absolute Gasteiger partial charge is 0.148 e. The van der Waals surface area contributed by atoms with Crippen LogP contribution in [0, 0.1) is 0 Å². The first kappa shape index (κ1) is 12.0. The van der Waals surface area contributed by atoms with E-state index in [1.54, 1.807) is 6.20 Å². The van der Waals surface area contributed by atoms with Gasteiger partial charge < -0.3 is 5.32 Å². The van der Waals surface area contributed by atoms with Crippen molar-refractivity contribution in [2.45, 2.75) is 37.0 Å². The molecule has 0 amide bonds. The lowest BCUT2D eigenvalue weighted by Gasteiger charge is -2.29. The molecule has 1 fully saturated rings. The summed E-state index contributed by atoms with van der Waals surface area (Å²) in [6.07, 6.45) is 10.4. The maximum atomic E-state index is 6.02. The Bertz CT molecular complexity index is 348. The van der Waals surface area contributed by atoms with Gasteiger partial charge in [-0.3, -0.25) is 0 Å². The van der Waals surface area contributed by atoms with E-state index in [1.165, 1.54) is 32.0 Å². The summed E-state index contributed by atoms with van der Waals surface area (Å²) >= 11 is 7.98. The van der Waals surface area contributed by atoms with Crippen molar-refractivity contribution in [1.82, 2.24) is 9.97 Å². The molecule has 1 heterocycles. The van der Waals surface area contributed by atoms with E-state index in [0.29, 0.717) is 11.1 Å². The van der Waals surface area contributed by atoms with Crippen LogP contribution in [0.4, 0.5) is 5.82 Å². The summed E-state index contributed by atoms with van der Waals surface area (Å²) in [5.74, 6) is 0.767. The van der Waals surface area contributed by atoms with Crippen LogP contribution >= 0.6 is 23.4 Å². The number of hydrogen-bond acceptors (Lipinski definition) is 4. The minimum atomic E-state index is 0.499. The van der Waals surface area contributed by atoms with Crippen LogP contribution < -0.4 is 5.32 Å². The third-order valence-corrected chi connectivity index (χ3v) is 4.34. The van der Waals surface area contributed by atoms with Crippen molar-refractivity contribution in [2.75, 3.05) is 11.6 Å². The van der Waals surface area contributed by atoms with Gasteiger partial charge in [0.2, 0.25) is 0 Å². The lowest BCUT2D eigenvalue weighted by atomic mass is 9.95. The van der Waals surface area contributed by atoms with E-state index in [0.717, 1.165) is 11.1 Å². The molecule has 88 valence electrons. The predicted octanol–water partition coefficient (Wildman–Crippen LogP) is 3.22. The Hall–Kier alpha value is -0.480. The van der Waals surface area contributed by atoms with Crippen molar-refractivity contribution in [3.8, 4) is 0 Å². The summed E-state index contributed by atoms with van der Waals surface area (Å²) in [4.78, 5) is 8.04. The van der Waals surface area contributed by atoms with E-state index < -0.39 is 0 Å². The first-order valence-corrected chi connectivity index (χ1v) is 7.21. The highest BCUT2D eigenvalue weighted by Crippen LogP contribution is 2.29. The fraction of sp³-hybridized carbons (Fsp3) is 0.636. The van der Waals surface area contributed by atoms with Crippen molar-refractivity contribution < 1.29 is 0 Å². The monoisotopic (exact) mass is 257 g/mol. The second-order valence-corrected chi connectivity index (χ2v) is 5.63. The van der Waals surface area contributed by atoms with Gasteiger partial charge >= 0.3 is 0 Å². The predicted molar refractivity (Wildman–Crippen MR) is 70.2 cm³/mol. The molecule has 1 saturated carbocycles. The van der Waals surface area contributed by atoms with Crippen LogP contribution in [0.5, 0.6) is 0 Å².